The molecule has 11 nitrogen and oxygen atoms in total. The van der Waals surface area contributed by atoms with Gasteiger partial charge in [-0.1, -0.05) is 19.6 Å². The van der Waals surface area contributed by atoms with Crippen LogP contribution in [0.25, 0.3) is 11.2 Å². The predicted octanol–water partition coefficient (Wildman–Crippen LogP) is 2.69. The average Bonchev–Trinajstić information content (AvgIpc) is 3.20. The molecular weight excluding hydrogens is 462 g/mol. The van der Waals surface area contributed by atoms with E-state index in [1.807, 2.05) is 0 Å². The summed E-state index contributed by atoms with van der Waals surface area (Å²) in [5.74, 6) is -0.383. The Hall–Kier alpha value is -2.36. The van der Waals surface area contributed by atoms with E-state index in [1.54, 1.807) is 10.9 Å². The van der Waals surface area contributed by atoms with Crippen LogP contribution in [0.3, 0.4) is 0 Å². The number of fused-ring (bicyclic) bond motifs is 1. The third-order valence-corrected chi connectivity index (χ3v) is 6.72. The Morgan fingerprint density at radius 2 is 1.67 bits per heavy atom. The summed E-state index contributed by atoms with van der Waals surface area (Å²) in [6.07, 6.45) is -0.160. The number of carbonyl (C=O) groups excluding carboxylic acids is 2. The number of ether oxygens (including phenoxy) is 3. The molecule has 182 valence electrons. The molecule has 0 spiro atoms. The van der Waals surface area contributed by atoms with Crippen LogP contribution in [0.15, 0.2) is 12.7 Å². The second-order valence-corrected chi connectivity index (χ2v) is 19.3. The molecule has 4 atom stereocenters. The van der Waals surface area contributed by atoms with Gasteiger partial charge in [0, 0.05) is 13.8 Å². The number of hydrogen-bond acceptors (Lipinski definition) is 10. The minimum Gasteiger partial charge on any atom is -0.456 e. The van der Waals surface area contributed by atoms with E-state index in [9.17, 15) is 9.59 Å². The second-order valence-electron chi connectivity index (χ2n) is 10.1. The van der Waals surface area contributed by atoms with E-state index in [-0.39, 0.29) is 6.61 Å². The molecule has 0 aromatic carbocycles. The van der Waals surface area contributed by atoms with Crippen LogP contribution in [0.2, 0.25) is 39.3 Å². The van der Waals surface area contributed by atoms with Crippen molar-refractivity contribution in [1.29, 1.82) is 0 Å². The summed E-state index contributed by atoms with van der Waals surface area (Å²) in [5.41, 5.74) is 1.09. The van der Waals surface area contributed by atoms with Crippen LogP contribution in [0, 0.1) is 0 Å². The van der Waals surface area contributed by atoms with Gasteiger partial charge >= 0.3 is 11.9 Å². The Bertz CT molecular complexity index is 1020. The van der Waals surface area contributed by atoms with Gasteiger partial charge in [-0.05, 0) is 19.6 Å². The first-order valence-electron chi connectivity index (χ1n) is 10.8. The fourth-order valence-corrected chi connectivity index (χ4v) is 5.09. The molecule has 2 aromatic heterocycles. The van der Waals surface area contributed by atoms with Gasteiger partial charge in [0.05, 0.1) is 12.9 Å². The highest BCUT2D eigenvalue weighted by molar-refractivity contribution is 6.79. The van der Waals surface area contributed by atoms with Crippen molar-refractivity contribution >= 4 is 45.5 Å². The van der Waals surface area contributed by atoms with E-state index in [0.717, 1.165) is 0 Å². The Kier molecular flexibility index (Phi) is 7.26. The molecule has 0 bridgehead atoms. The van der Waals surface area contributed by atoms with Crippen molar-refractivity contribution in [1.82, 2.24) is 19.5 Å². The SMILES string of the molecule is CC(=O)OC1C(CO[Si](C)(C)C)OC(n2cnc3c(N[Si](C)(C)C)ncnc32)C1OC(C)=O. The van der Waals surface area contributed by atoms with Gasteiger partial charge in [-0.25, -0.2) is 15.0 Å². The van der Waals surface area contributed by atoms with E-state index in [2.05, 4.69) is 59.2 Å². The van der Waals surface area contributed by atoms with Crippen LogP contribution in [0.5, 0.6) is 0 Å². The standard InChI is InChI=1S/C20H33N5O6Si2/c1-12(26)29-16-14(9-28-33(6,7)8)31-20(17(16)30-13(2)27)25-11-23-15-18(24-32(3,4)5)21-10-22-19(15)25/h10-11,14,16-17,20H,9H2,1-8H3,(H,21,22,24). The van der Waals surface area contributed by atoms with Gasteiger partial charge in [0.2, 0.25) is 0 Å². The summed E-state index contributed by atoms with van der Waals surface area (Å²) in [6.45, 7) is 15.4. The van der Waals surface area contributed by atoms with Crippen molar-refractivity contribution in [3.63, 3.8) is 0 Å². The summed E-state index contributed by atoms with van der Waals surface area (Å²) in [5, 5.41) is 0. The topological polar surface area (TPSA) is 127 Å². The fourth-order valence-electron chi connectivity index (χ4n) is 3.53. The van der Waals surface area contributed by atoms with Crippen molar-refractivity contribution in [2.24, 2.45) is 0 Å². The molecule has 1 aliphatic rings. The minimum absolute atomic E-state index is 0.200. The van der Waals surface area contributed by atoms with Crippen molar-refractivity contribution in [2.75, 3.05) is 11.6 Å². The smallest absolute Gasteiger partial charge is 0.303 e. The monoisotopic (exact) mass is 495 g/mol. The molecular formula is C20H33N5O6Si2. The van der Waals surface area contributed by atoms with Gasteiger partial charge in [0.1, 0.15) is 32.0 Å². The van der Waals surface area contributed by atoms with Gasteiger partial charge in [-0.3, -0.25) is 14.2 Å². The number of nitrogens with one attached hydrogen (secondary N) is 1. The predicted molar refractivity (Wildman–Crippen MR) is 127 cm³/mol. The van der Waals surface area contributed by atoms with Crippen LogP contribution in [-0.2, 0) is 28.2 Å². The first kappa shape index (κ1) is 25.3. The van der Waals surface area contributed by atoms with Crippen LogP contribution in [0.4, 0.5) is 5.82 Å². The zero-order valence-electron chi connectivity index (χ0n) is 20.4. The zero-order valence-corrected chi connectivity index (χ0v) is 22.4. The first-order valence-corrected chi connectivity index (χ1v) is 17.8. The van der Waals surface area contributed by atoms with Gasteiger partial charge in [-0.15, -0.1) is 0 Å². The maximum absolute atomic E-state index is 11.9. The largest absolute Gasteiger partial charge is 0.456 e. The van der Waals surface area contributed by atoms with Gasteiger partial charge < -0.3 is 23.6 Å². The molecule has 1 fully saturated rings. The van der Waals surface area contributed by atoms with E-state index >= 15 is 0 Å². The lowest BCUT2D eigenvalue weighted by Gasteiger charge is -2.25. The van der Waals surface area contributed by atoms with Crippen molar-refractivity contribution in [2.45, 2.75) is 77.7 Å². The van der Waals surface area contributed by atoms with Crippen LogP contribution in [0.1, 0.15) is 20.1 Å². The minimum atomic E-state index is -1.88. The molecule has 0 saturated carbocycles. The average molecular weight is 496 g/mol. The molecule has 13 heteroatoms. The maximum atomic E-state index is 11.9. The third-order valence-electron chi connectivity index (χ3n) is 4.70. The molecule has 3 heterocycles. The third kappa shape index (κ3) is 6.37. The van der Waals surface area contributed by atoms with Crippen LogP contribution >= 0.6 is 0 Å². The zero-order chi connectivity index (χ0) is 24.6. The summed E-state index contributed by atoms with van der Waals surface area (Å²) in [6, 6.07) is 0. The lowest BCUT2D eigenvalue weighted by atomic mass is 10.1. The highest BCUT2D eigenvalue weighted by Crippen LogP contribution is 2.36. The molecule has 2 aromatic rings. The van der Waals surface area contributed by atoms with E-state index in [0.29, 0.717) is 17.0 Å². The molecule has 33 heavy (non-hydrogen) atoms. The number of esters is 2. The molecule has 0 amide bonds. The molecule has 4 unspecified atom stereocenters. The van der Waals surface area contributed by atoms with E-state index < -0.39 is 53.0 Å². The highest BCUT2D eigenvalue weighted by Gasteiger charge is 2.51. The van der Waals surface area contributed by atoms with Crippen molar-refractivity contribution in [3.05, 3.63) is 12.7 Å². The summed E-state index contributed by atoms with van der Waals surface area (Å²) >= 11 is 0. The van der Waals surface area contributed by atoms with Gasteiger partial charge in [0.15, 0.2) is 32.4 Å². The summed E-state index contributed by atoms with van der Waals surface area (Å²) < 4.78 is 25.1. The van der Waals surface area contributed by atoms with Crippen LogP contribution < -0.4 is 4.98 Å². The molecule has 1 saturated heterocycles. The number of nitrogens with zero attached hydrogens (tertiary/aromatic N) is 4. The Morgan fingerprint density at radius 1 is 1.03 bits per heavy atom. The van der Waals surface area contributed by atoms with Gasteiger partial charge in [0.25, 0.3) is 0 Å². The molecule has 0 radical (unpaired) electrons. The number of hydrogen-bond donors (Lipinski definition) is 1. The molecule has 0 aliphatic carbocycles. The fraction of sp³-hybridized carbons (Fsp3) is 0.650. The summed E-state index contributed by atoms with van der Waals surface area (Å²) in [4.78, 5) is 40.5. The van der Waals surface area contributed by atoms with Crippen molar-refractivity contribution < 1.29 is 28.2 Å². The van der Waals surface area contributed by atoms with Crippen LogP contribution in [-0.4, -0.2) is 72.9 Å². The van der Waals surface area contributed by atoms with E-state index in [4.69, 9.17) is 18.6 Å². The number of carbonyl (C=O) groups is 2. The molecule has 1 aliphatic heterocycles. The lowest BCUT2D eigenvalue weighted by Crippen LogP contribution is -2.42. The van der Waals surface area contributed by atoms with Crippen molar-refractivity contribution in [3.8, 4) is 0 Å². The Balaban J connectivity index is 2.02. The van der Waals surface area contributed by atoms with E-state index in [1.165, 1.54) is 20.2 Å². The lowest BCUT2D eigenvalue weighted by molar-refractivity contribution is -0.165. The summed E-state index contributed by atoms with van der Waals surface area (Å²) in [7, 11) is -3.59. The second kappa shape index (κ2) is 9.48. The Labute approximate surface area is 195 Å². The highest BCUT2D eigenvalue weighted by atomic mass is 28.4. The maximum Gasteiger partial charge on any atom is 0.303 e. The quantitative estimate of drug-likeness (QED) is 0.431. The number of aromatic nitrogens is 4. The number of rotatable bonds is 8. The van der Waals surface area contributed by atoms with Gasteiger partial charge in [-0.2, -0.15) is 0 Å². The normalized spacial score (nSPS) is 23.5. The Morgan fingerprint density at radius 3 is 2.24 bits per heavy atom. The number of imidazole rings is 1. The number of anilines is 1. The first-order chi connectivity index (χ1) is 15.2. The molecule has 1 N–H and O–H groups in total. The molecule has 3 rings (SSSR count).